The first-order valence-electron chi connectivity index (χ1n) is 10.3. The summed E-state index contributed by atoms with van der Waals surface area (Å²) in [4.78, 5) is 46.0. The second-order valence-corrected chi connectivity index (χ2v) is 7.68. The fourth-order valence-electron chi connectivity index (χ4n) is 3.59. The lowest BCUT2D eigenvalue weighted by Crippen LogP contribution is -2.38. The van der Waals surface area contributed by atoms with Gasteiger partial charge >= 0.3 is 5.69 Å². The van der Waals surface area contributed by atoms with Crippen LogP contribution in [0.1, 0.15) is 41.4 Å². The summed E-state index contributed by atoms with van der Waals surface area (Å²) in [5.41, 5.74) is 2.69. The third kappa shape index (κ3) is 3.83. The Morgan fingerprint density at radius 1 is 1.09 bits per heavy atom. The van der Waals surface area contributed by atoms with Crippen molar-refractivity contribution in [3.8, 4) is 0 Å². The van der Waals surface area contributed by atoms with Gasteiger partial charge in [0.25, 0.3) is 5.56 Å². The van der Waals surface area contributed by atoms with Gasteiger partial charge in [0, 0.05) is 32.5 Å². The molecule has 3 heterocycles. The number of carbonyl (C=O) groups is 1. The van der Waals surface area contributed by atoms with Gasteiger partial charge in [-0.25, -0.2) is 14.8 Å². The van der Waals surface area contributed by atoms with E-state index in [-0.39, 0.29) is 5.78 Å². The van der Waals surface area contributed by atoms with Crippen LogP contribution in [0.2, 0.25) is 0 Å². The van der Waals surface area contributed by atoms with Gasteiger partial charge in [-0.05, 0) is 18.9 Å². The summed E-state index contributed by atoms with van der Waals surface area (Å²) >= 11 is 0. The third-order valence-electron chi connectivity index (χ3n) is 5.50. The van der Waals surface area contributed by atoms with Crippen LogP contribution in [-0.4, -0.2) is 36.7 Å². The maximum absolute atomic E-state index is 13.0. The zero-order valence-electron chi connectivity index (χ0n) is 18.5. The summed E-state index contributed by atoms with van der Waals surface area (Å²) in [6, 6.07) is 7.21. The van der Waals surface area contributed by atoms with E-state index in [0.717, 1.165) is 22.2 Å². The zero-order chi connectivity index (χ0) is 23.0. The van der Waals surface area contributed by atoms with E-state index in [2.05, 4.69) is 9.97 Å². The van der Waals surface area contributed by atoms with E-state index in [9.17, 15) is 14.4 Å². The van der Waals surface area contributed by atoms with Crippen molar-refractivity contribution >= 4 is 30.0 Å². The topological polar surface area (TPSA) is 105 Å². The Kier molecular flexibility index (Phi) is 5.69. The molecule has 0 unspecified atom stereocenters. The molecular weight excluding hydrogens is 409 g/mol. The molecule has 0 N–H and O–H groups in total. The van der Waals surface area contributed by atoms with Crippen LogP contribution in [0, 0.1) is 0 Å². The third-order valence-corrected chi connectivity index (χ3v) is 5.50. The first-order chi connectivity index (χ1) is 15.3. The molecule has 1 radical (unpaired) electrons. The Balaban J connectivity index is 1.79. The van der Waals surface area contributed by atoms with E-state index in [4.69, 9.17) is 4.42 Å². The van der Waals surface area contributed by atoms with Crippen LogP contribution in [0.15, 0.2) is 44.5 Å². The second kappa shape index (κ2) is 8.45. The van der Waals surface area contributed by atoms with Crippen molar-refractivity contribution in [2.45, 2.75) is 33.1 Å². The highest BCUT2D eigenvalue weighted by atomic mass is 16.3. The SMILES string of the molecule is CCc1coc(C[B]c2nc3c(c(=O)n(C)c(=O)n3C)n2Cc2ccc(C(C)=O)cc2)n1. The van der Waals surface area contributed by atoms with E-state index in [1.165, 1.54) is 18.5 Å². The van der Waals surface area contributed by atoms with Crippen molar-refractivity contribution in [1.29, 1.82) is 0 Å². The minimum Gasteiger partial charge on any atom is -0.449 e. The molecule has 32 heavy (non-hydrogen) atoms. The van der Waals surface area contributed by atoms with E-state index in [1.54, 1.807) is 30.0 Å². The molecule has 4 rings (SSSR count). The van der Waals surface area contributed by atoms with Crippen LogP contribution in [0.5, 0.6) is 0 Å². The molecule has 4 aromatic rings. The second-order valence-electron chi connectivity index (χ2n) is 7.68. The standard InChI is InChI=1S/C22H23BN5O4/c1-5-16-12-32-17(24-16)10-23-21-25-19-18(20(30)27(4)22(31)26(19)3)28(21)11-14-6-8-15(9-7-14)13(2)29/h6-9,12H,5,10-11H2,1-4H3. The molecule has 0 aliphatic carbocycles. The van der Waals surface area contributed by atoms with Gasteiger partial charge in [-0.3, -0.25) is 18.7 Å². The molecule has 0 aliphatic rings. The summed E-state index contributed by atoms with van der Waals surface area (Å²) in [7, 11) is 4.87. The number of hydrogen-bond donors (Lipinski definition) is 0. The van der Waals surface area contributed by atoms with Crippen LogP contribution < -0.4 is 17.0 Å². The largest absolute Gasteiger partial charge is 0.449 e. The van der Waals surface area contributed by atoms with Crippen LogP contribution >= 0.6 is 0 Å². The zero-order valence-corrected chi connectivity index (χ0v) is 18.5. The number of fused-ring (bicyclic) bond motifs is 1. The number of ketones is 1. The Hall–Kier alpha value is -3.69. The van der Waals surface area contributed by atoms with Crippen molar-refractivity contribution in [3.63, 3.8) is 0 Å². The highest BCUT2D eigenvalue weighted by Crippen LogP contribution is 2.11. The minimum atomic E-state index is -0.440. The van der Waals surface area contributed by atoms with Crippen LogP contribution in [0.25, 0.3) is 11.2 Å². The minimum absolute atomic E-state index is 0.0140. The molecule has 9 nitrogen and oxygen atoms in total. The van der Waals surface area contributed by atoms with Gasteiger partial charge < -0.3 is 8.98 Å². The number of carbonyl (C=O) groups excluding carboxylic acids is 1. The number of aromatic nitrogens is 5. The van der Waals surface area contributed by atoms with Gasteiger partial charge in [-0.2, -0.15) is 0 Å². The average molecular weight is 432 g/mol. The molecule has 3 aromatic heterocycles. The summed E-state index contributed by atoms with van der Waals surface area (Å²) < 4.78 is 9.72. The number of imidazole rings is 1. The summed E-state index contributed by atoms with van der Waals surface area (Å²) in [6.07, 6.45) is 2.79. The van der Waals surface area contributed by atoms with Crippen LogP contribution in [-0.2, 0) is 33.4 Å². The Labute approximate surface area is 184 Å². The van der Waals surface area contributed by atoms with Crippen molar-refractivity contribution in [3.05, 3.63) is 74.1 Å². The lowest BCUT2D eigenvalue weighted by atomic mass is 9.73. The summed E-state index contributed by atoms with van der Waals surface area (Å²) in [5.74, 6) is 0.535. The Morgan fingerprint density at radius 2 is 1.81 bits per heavy atom. The normalized spacial score (nSPS) is 11.2. The Bertz CT molecular complexity index is 1430. The fourth-order valence-corrected chi connectivity index (χ4v) is 3.59. The van der Waals surface area contributed by atoms with Gasteiger partial charge in [0.05, 0.1) is 11.4 Å². The molecule has 10 heteroatoms. The molecule has 0 bridgehead atoms. The van der Waals surface area contributed by atoms with Gasteiger partial charge in [-0.1, -0.05) is 31.2 Å². The number of nitrogens with zero attached hydrogens (tertiary/aromatic N) is 5. The van der Waals surface area contributed by atoms with Gasteiger partial charge in [0.15, 0.2) is 22.8 Å². The maximum Gasteiger partial charge on any atom is 0.332 e. The predicted octanol–water partition coefficient (Wildman–Crippen LogP) is 0.765. The molecule has 0 atom stereocenters. The van der Waals surface area contributed by atoms with E-state index in [1.807, 2.05) is 26.3 Å². The first-order valence-corrected chi connectivity index (χ1v) is 10.3. The van der Waals surface area contributed by atoms with Gasteiger partial charge in [0.1, 0.15) is 6.26 Å². The van der Waals surface area contributed by atoms with Crippen LogP contribution in [0.4, 0.5) is 0 Å². The number of benzene rings is 1. The average Bonchev–Trinajstić information content (AvgIpc) is 3.40. The van der Waals surface area contributed by atoms with Gasteiger partial charge in [0.2, 0.25) is 7.28 Å². The van der Waals surface area contributed by atoms with Gasteiger partial charge in [-0.15, -0.1) is 0 Å². The number of oxazole rings is 1. The highest BCUT2D eigenvalue weighted by molar-refractivity contribution is 6.51. The van der Waals surface area contributed by atoms with E-state index >= 15 is 0 Å². The lowest BCUT2D eigenvalue weighted by Gasteiger charge is -2.10. The number of Topliss-reactive ketones (excluding diaryl/α,β-unsaturated/α-hetero) is 1. The maximum atomic E-state index is 13.0. The molecule has 0 amide bonds. The van der Waals surface area contributed by atoms with Crippen molar-refractivity contribution in [2.75, 3.05) is 0 Å². The fraction of sp³-hybridized carbons (Fsp3) is 0.318. The molecule has 0 spiro atoms. The molecule has 0 saturated carbocycles. The molecule has 0 saturated heterocycles. The number of aryl methyl sites for hydroxylation is 2. The predicted molar refractivity (Wildman–Crippen MR) is 121 cm³/mol. The van der Waals surface area contributed by atoms with E-state index < -0.39 is 11.2 Å². The summed E-state index contributed by atoms with van der Waals surface area (Å²) in [5, 5.41) is 0. The summed E-state index contributed by atoms with van der Waals surface area (Å²) in [6.45, 7) is 3.86. The Morgan fingerprint density at radius 3 is 2.44 bits per heavy atom. The highest BCUT2D eigenvalue weighted by Gasteiger charge is 2.20. The van der Waals surface area contributed by atoms with Crippen LogP contribution in [0.3, 0.4) is 0 Å². The monoisotopic (exact) mass is 432 g/mol. The van der Waals surface area contributed by atoms with E-state index in [0.29, 0.717) is 41.2 Å². The molecule has 163 valence electrons. The van der Waals surface area contributed by atoms with Crippen molar-refractivity contribution < 1.29 is 9.21 Å². The number of rotatable bonds is 7. The quantitative estimate of drug-likeness (QED) is 0.316. The van der Waals surface area contributed by atoms with Crippen molar-refractivity contribution in [2.24, 2.45) is 14.1 Å². The first kappa shape index (κ1) is 21.5. The molecular formula is C22H23BN5O4. The van der Waals surface area contributed by atoms with Crippen molar-refractivity contribution in [1.82, 2.24) is 23.7 Å². The molecule has 0 fully saturated rings. The molecule has 1 aromatic carbocycles. The number of hydrogen-bond acceptors (Lipinski definition) is 6. The molecule has 0 aliphatic heterocycles. The lowest BCUT2D eigenvalue weighted by molar-refractivity contribution is 0.101. The smallest absolute Gasteiger partial charge is 0.332 e.